The van der Waals surface area contributed by atoms with Crippen LogP contribution in [-0.4, -0.2) is 14.4 Å². The maximum atomic E-state index is 4.76. The second-order valence-corrected chi connectivity index (χ2v) is 5.56. The SMILES string of the molecule is [Cl][Zn+].[c-]1cccc2c1c1nc3ncsc3n1c1ccccc21. The van der Waals surface area contributed by atoms with Crippen molar-refractivity contribution in [3.8, 4) is 0 Å². The molecular formula is C16H8ClN3SZn. The van der Waals surface area contributed by atoms with E-state index in [0.717, 1.165) is 38.8 Å². The number of thiazole rings is 1. The van der Waals surface area contributed by atoms with Gasteiger partial charge in [0, 0.05) is 5.52 Å². The van der Waals surface area contributed by atoms with Gasteiger partial charge in [0.05, 0.1) is 11.2 Å². The van der Waals surface area contributed by atoms with Gasteiger partial charge in [0.15, 0.2) is 5.65 Å². The van der Waals surface area contributed by atoms with Gasteiger partial charge in [0.2, 0.25) is 0 Å². The van der Waals surface area contributed by atoms with Crippen LogP contribution in [0, 0.1) is 6.07 Å². The van der Waals surface area contributed by atoms with Gasteiger partial charge in [-0.25, -0.2) is 4.98 Å². The first kappa shape index (κ1) is 14.1. The molecule has 2 aromatic carbocycles. The van der Waals surface area contributed by atoms with Crippen LogP contribution in [0.5, 0.6) is 0 Å². The van der Waals surface area contributed by atoms with Crippen molar-refractivity contribution < 1.29 is 17.3 Å². The van der Waals surface area contributed by atoms with Crippen LogP contribution >= 0.6 is 21.0 Å². The number of nitrogens with zero attached hydrogens (tertiary/aromatic N) is 3. The average molecular weight is 375 g/mol. The molecule has 0 saturated heterocycles. The van der Waals surface area contributed by atoms with Crippen LogP contribution in [0.1, 0.15) is 0 Å². The van der Waals surface area contributed by atoms with Gasteiger partial charge in [-0.15, -0.1) is 41.0 Å². The standard InChI is InChI=1S/C16H8N3S.ClH.Zn/c1-2-7-12-10(5-1)11-6-3-4-8-13(11)19-15(12)18-14-16(19)20-9-17-14;;/h1-6,8-9H;1H;/q-1;;+2/p-1. The third-order valence-corrected chi connectivity index (χ3v) is 4.47. The van der Waals surface area contributed by atoms with E-state index in [1.165, 1.54) is 16.3 Å². The van der Waals surface area contributed by atoms with Crippen LogP contribution in [0.4, 0.5) is 0 Å². The van der Waals surface area contributed by atoms with Crippen molar-refractivity contribution in [3.63, 3.8) is 0 Å². The summed E-state index contributed by atoms with van der Waals surface area (Å²) in [6, 6.07) is 17.8. The summed E-state index contributed by atoms with van der Waals surface area (Å²) >= 11 is 2.47. The molecule has 0 unspecified atom stereocenters. The molecule has 5 rings (SSSR count). The van der Waals surface area contributed by atoms with E-state index in [0.29, 0.717) is 0 Å². The average Bonchev–Trinajstić information content (AvgIpc) is 3.18. The number of para-hydroxylation sites is 1. The van der Waals surface area contributed by atoms with Crippen LogP contribution in [0.25, 0.3) is 37.8 Å². The summed E-state index contributed by atoms with van der Waals surface area (Å²) < 4.78 is 2.20. The van der Waals surface area contributed by atoms with Gasteiger partial charge in [-0.3, -0.25) is 4.98 Å². The third kappa shape index (κ3) is 1.90. The molecule has 0 N–H and O–H groups in total. The summed E-state index contributed by atoms with van der Waals surface area (Å²) in [4.78, 5) is 10.1. The van der Waals surface area contributed by atoms with Crippen LogP contribution in [0.2, 0.25) is 0 Å². The molecule has 0 radical (unpaired) electrons. The number of pyridine rings is 1. The molecule has 0 bridgehead atoms. The molecule has 3 heterocycles. The van der Waals surface area contributed by atoms with E-state index in [-0.39, 0.29) is 0 Å². The minimum atomic E-state index is 0.810. The van der Waals surface area contributed by atoms with Gasteiger partial charge in [-0.2, -0.15) is 0 Å². The fraction of sp³-hybridized carbons (Fsp3) is 0. The molecule has 0 fully saturated rings. The van der Waals surface area contributed by atoms with E-state index in [2.05, 4.69) is 50.8 Å². The second kappa shape index (κ2) is 5.58. The normalized spacial score (nSPS) is 11.2. The van der Waals surface area contributed by atoms with Crippen LogP contribution in [0.3, 0.4) is 0 Å². The van der Waals surface area contributed by atoms with Crippen molar-refractivity contribution in [2.45, 2.75) is 0 Å². The molecular weight excluding hydrogens is 367 g/mol. The number of hydrogen-bond donors (Lipinski definition) is 0. The molecule has 0 atom stereocenters. The Hall–Kier alpha value is -1.55. The first-order valence-electron chi connectivity index (χ1n) is 6.63. The van der Waals surface area contributed by atoms with Gasteiger partial charge >= 0.3 is 27.0 Å². The zero-order chi connectivity index (χ0) is 15.1. The molecule has 3 nitrogen and oxygen atoms in total. The van der Waals surface area contributed by atoms with Gasteiger partial charge in [0.1, 0.15) is 4.83 Å². The van der Waals surface area contributed by atoms with Crippen LogP contribution in [0.15, 0.2) is 48.0 Å². The Morgan fingerprint density at radius 1 is 1.09 bits per heavy atom. The Morgan fingerprint density at radius 3 is 2.82 bits per heavy atom. The fourth-order valence-electron chi connectivity index (χ4n) is 2.84. The maximum Gasteiger partial charge on any atom is 0.179 e. The van der Waals surface area contributed by atoms with Gasteiger partial charge in [0.25, 0.3) is 0 Å². The smallest absolute Gasteiger partial charge is 0.179 e. The maximum absolute atomic E-state index is 4.76. The molecule has 0 saturated carbocycles. The van der Waals surface area contributed by atoms with Crippen molar-refractivity contribution in [1.29, 1.82) is 0 Å². The number of fused-ring (bicyclic) bond motifs is 8. The van der Waals surface area contributed by atoms with Crippen molar-refractivity contribution in [2.24, 2.45) is 0 Å². The summed E-state index contributed by atoms with van der Waals surface area (Å²) in [5.41, 5.74) is 4.76. The zero-order valence-corrected chi connectivity index (χ0v) is 16.0. The van der Waals surface area contributed by atoms with E-state index < -0.39 is 0 Å². The molecule has 3 aromatic heterocycles. The first-order valence-corrected chi connectivity index (χ1v) is 11.4. The van der Waals surface area contributed by atoms with E-state index in [1.54, 1.807) is 11.3 Å². The minimum absolute atomic E-state index is 0.810. The van der Waals surface area contributed by atoms with Crippen LogP contribution < -0.4 is 0 Å². The molecule has 102 valence electrons. The van der Waals surface area contributed by atoms with E-state index in [4.69, 9.17) is 9.69 Å². The molecule has 0 spiro atoms. The number of hydrogen-bond acceptors (Lipinski definition) is 3. The van der Waals surface area contributed by atoms with Gasteiger partial charge < -0.3 is 4.40 Å². The van der Waals surface area contributed by atoms with E-state index >= 15 is 0 Å². The quantitative estimate of drug-likeness (QED) is 0.222. The molecule has 6 heteroatoms. The Morgan fingerprint density at radius 2 is 1.91 bits per heavy atom. The number of benzene rings is 2. The predicted molar refractivity (Wildman–Crippen MR) is 88.1 cm³/mol. The van der Waals surface area contributed by atoms with Crippen molar-refractivity contribution in [3.05, 3.63) is 54.0 Å². The largest absolute Gasteiger partial charge is 0.323 e. The summed E-state index contributed by atoms with van der Waals surface area (Å²) in [5, 5.41) is 3.46. The molecule has 0 aliphatic rings. The third-order valence-electron chi connectivity index (χ3n) is 3.67. The summed E-state index contributed by atoms with van der Waals surface area (Å²) in [5.74, 6) is 0. The monoisotopic (exact) mass is 373 g/mol. The zero-order valence-electron chi connectivity index (χ0n) is 11.5. The van der Waals surface area contributed by atoms with Gasteiger partial charge in [-0.1, -0.05) is 23.6 Å². The second-order valence-electron chi connectivity index (χ2n) is 4.73. The molecule has 22 heavy (non-hydrogen) atoms. The Kier molecular flexibility index (Phi) is 3.57. The Labute approximate surface area is 144 Å². The molecule has 0 aliphatic heterocycles. The molecule has 5 aromatic rings. The fourth-order valence-corrected chi connectivity index (χ4v) is 3.59. The summed E-state index contributed by atoms with van der Waals surface area (Å²) in [6.45, 7) is 0. The van der Waals surface area contributed by atoms with Crippen molar-refractivity contribution >= 4 is 58.8 Å². The molecule has 0 aliphatic carbocycles. The topological polar surface area (TPSA) is 30.2 Å². The number of aromatic nitrogens is 3. The predicted octanol–water partition coefficient (Wildman–Crippen LogP) is 4.74. The minimum Gasteiger partial charge on any atom is -0.323 e. The van der Waals surface area contributed by atoms with E-state index in [1.807, 2.05) is 17.6 Å². The first-order chi connectivity index (χ1) is 10.9. The van der Waals surface area contributed by atoms with Crippen molar-refractivity contribution in [2.75, 3.05) is 0 Å². The van der Waals surface area contributed by atoms with E-state index in [9.17, 15) is 0 Å². The van der Waals surface area contributed by atoms with Crippen LogP contribution in [-0.2, 0) is 17.3 Å². The number of imidazole rings is 1. The molecule has 0 amide bonds. The van der Waals surface area contributed by atoms with Crippen molar-refractivity contribution in [1.82, 2.24) is 14.4 Å². The summed E-state index contributed by atoms with van der Waals surface area (Å²) in [6.07, 6.45) is 0. The Bertz CT molecular complexity index is 1080. The number of rotatable bonds is 0. The number of halogens is 1. The summed E-state index contributed by atoms with van der Waals surface area (Å²) in [7, 11) is 4.76. The van der Waals surface area contributed by atoms with Gasteiger partial charge in [-0.05, 0) is 11.5 Å². The Balaban J connectivity index is 0.000000602.